The third-order valence-electron chi connectivity index (χ3n) is 3.94. The van der Waals surface area contributed by atoms with Crippen molar-refractivity contribution in [2.75, 3.05) is 6.61 Å². The van der Waals surface area contributed by atoms with Crippen molar-refractivity contribution in [3.63, 3.8) is 0 Å². The lowest BCUT2D eigenvalue weighted by Crippen LogP contribution is -2.63. The molecule has 0 aromatic carbocycles. The number of ether oxygens (including phenoxy) is 3. The van der Waals surface area contributed by atoms with E-state index < -0.39 is 68.0 Å². The lowest BCUT2D eigenvalue weighted by molar-refractivity contribution is -0.352. The van der Waals surface area contributed by atoms with Crippen LogP contribution in [0.2, 0.25) is 0 Å². The maximum absolute atomic E-state index is 9.93. The fraction of sp³-hybridized carbons (Fsp3) is 1.00. The first-order chi connectivity index (χ1) is 10.3. The van der Waals surface area contributed by atoms with Gasteiger partial charge < -0.3 is 50.0 Å². The molecule has 0 saturated carbocycles. The van der Waals surface area contributed by atoms with E-state index in [2.05, 4.69) is 0 Å². The summed E-state index contributed by atoms with van der Waals surface area (Å²) in [5, 5.41) is 67.3. The Balaban J connectivity index is 2.10. The molecular weight excluding hydrogens is 304 g/mol. The highest BCUT2D eigenvalue weighted by Crippen LogP contribution is 2.28. The van der Waals surface area contributed by atoms with Crippen molar-refractivity contribution in [3.8, 4) is 0 Å². The molecule has 0 spiro atoms. The van der Waals surface area contributed by atoms with Crippen LogP contribution in [0.1, 0.15) is 6.92 Å². The molecule has 7 N–H and O–H groups in total. The summed E-state index contributed by atoms with van der Waals surface area (Å²) in [7, 11) is 0. The molecule has 10 heteroatoms. The minimum absolute atomic E-state index is 0.630. The number of hydrogen-bond donors (Lipinski definition) is 7. The topological polar surface area (TPSA) is 169 Å². The molecule has 0 aliphatic carbocycles. The Kier molecular flexibility index (Phi) is 5.72. The number of hydrogen-bond acceptors (Lipinski definition) is 10. The molecule has 1 unspecified atom stereocenters. The molecular formula is C12H22O10. The van der Waals surface area contributed by atoms with Crippen LogP contribution in [0.3, 0.4) is 0 Å². The highest BCUT2D eigenvalue weighted by atomic mass is 16.7. The average molecular weight is 326 g/mol. The minimum Gasteiger partial charge on any atom is -0.394 e. The minimum atomic E-state index is -1.70. The van der Waals surface area contributed by atoms with Crippen LogP contribution in [-0.2, 0) is 14.2 Å². The summed E-state index contributed by atoms with van der Waals surface area (Å²) >= 11 is 0. The van der Waals surface area contributed by atoms with E-state index in [0.29, 0.717) is 0 Å². The quantitative estimate of drug-likeness (QED) is 0.269. The molecule has 130 valence electrons. The van der Waals surface area contributed by atoms with E-state index in [9.17, 15) is 35.7 Å². The highest BCUT2D eigenvalue weighted by molar-refractivity contribution is 4.93. The van der Waals surface area contributed by atoms with Gasteiger partial charge in [-0.2, -0.15) is 0 Å². The summed E-state index contributed by atoms with van der Waals surface area (Å²) in [6.45, 7) is 0.821. The standard InChI is InChI=1S/C12H22O10/c1-3-5(14)6(15)9(18)12(20-3)22-10-4(2-13)21-11(19)8(17)7(10)16/h3-19H,2H2,1H3/t3-,4+,5-,6+,7+,8+,9+,10+,11?,12-/m0/s1. The van der Waals surface area contributed by atoms with Crippen molar-refractivity contribution in [2.45, 2.75) is 68.3 Å². The summed E-state index contributed by atoms with van der Waals surface area (Å²) < 4.78 is 15.4. The van der Waals surface area contributed by atoms with Crippen LogP contribution >= 0.6 is 0 Å². The molecule has 0 bridgehead atoms. The van der Waals surface area contributed by atoms with Gasteiger partial charge in [-0.1, -0.05) is 0 Å². The van der Waals surface area contributed by atoms with Gasteiger partial charge in [0, 0.05) is 0 Å². The Bertz CT molecular complexity index is 366. The Morgan fingerprint density at radius 1 is 0.818 bits per heavy atom. The molecule has 2 heterocycles. The van der Waals surface area contributed by atoms with Crippen molar-refractivity contribution in [3.05, 3.63) is 0 Å². The predicted molar refractivity (Wildman–Crippen MR) is 67.2 cm³/mol. The second-order valence-electron chi connectivity index (χ2n) is 5.51. The summed E-state index contributed by atoms with van der Waals surface area (Å²) in [6.07, 6.45) is -14.2. The molecule has 2 aliphatic rings. The van der Waals surface area contributed by atoms with Gasteiger partial charge in [0.15, 0.2) is 12.6 Å². The smallest absolute Gasteiger partial charge is 0.187 e. The maximum atomic E-state index is 9.93. The second kappa shape index (κ2) is 7.01. The molecule has 2 aliphatic heterocycles. The number of aliphatic hydroxyl groups excluding tert-OH is 7. The van der Waals surface area contributed by atoms with Gasteiger partial charge in [-0.15, -0.1) is 0 Å². The first kappa shape index (κ1) is 17.9. The molecule has 2 rings (SSSR count). The SMILES string of the molecule is C[C@@H]1O[C@@H](O[C@H]2[C@H](O)[C@@H](O)C(O)O[C@@H]2CO)[C@H](O)[C@H](O)[C@H]1O. The molecule has 2 fully saturated rings. The average Bonchev–Trinajstić information content (AvgIpc) is 2.50. The Morgan fingerprint density at radius 2 is 1.45 bits per heavy atom. The van der Waals surface area contributed by atoms with E-state index in [1.54, 1.807) is 0 Å². The van der Waals surface area contributed by atoms with Crippen LogP contribution in [-0.4, -0.2) is 104 Å². The van der Waals surface area contributed by atoms with Gasteiger partial charge in [-0.25, -0.2) is 0 Å². The van der Waals surface area contributed by atoms with Crippen molar-refractivity contribution in [1.82, 2.24) is 0 Å². The zero-order chi connectivity index (χ0) is 16.6. The van der Waals surface area contributed by atoms with E-state index in [-0.39, 0.29) is 0 Å². The maximum Gasteiger partial charge on any atom is 0.187 e. The molecule has 0 aromatic rings. The van der Waals surface area contributed by atoms with Gasteiger partial charge in [0.1, 0.15) is 42.7 Å². The molecule has 2 saturated heterocycles. The van der Waals surface area contributed by atoms with Crippen molar-refractivity contribution < 1.29 is 50.0 Å². The lowest BCUT2D eigenvalue weighted by Gasteiger charge is -2.44. The van der Waals surface area contributed by atoms with Crippen LogP contribution in [0.25, 0.3) is 0 Å². The normalized spacial score (nSPS) is 53.5. The van der Waals surface area contributed by atoms with Gasteiger partial charge in [0.2, 0.25) is 0 Å². The number of rotatable bonds is 3. The molecule has 0 amide bonds. The van der Waals surface area contributed by atoms with Crippen molar-refractivity contribution >= 4 is 0 Å². The third kappa shape index (κ3) is 3.26. The van der Waals surface area contributed by atoms with Crippen LogP contribution in [0.5, 0.6) is 0 Å². The van der Waals surface area contributed by atoms with E-state index in [0.717, 1.165) is 0 Å². The fourth-order valence-electron chi connectivity index (χ4n) is 2.52. The van der Waals surface area contributed by atoms with E-state index >= 15 is 0 Å². The van der Waals surface area contributed by atoms with Gasteiger partial charge >= 0.3 is 0 Å². The highest BCUT2D eigenvalue weighted by Gasteiger charge is 2.49. The van der Waals surface area contributed by atoms with Crippen LogP contribution in [0.4, 0.5) is 0 Å². The van der Waals surface area contributed by atoms with E-state index in [1.807, 2.05) is 0 Å². The molecule has 0 radical (unpaired) electrons. The van der Waals surface area contributed by atoms with Crippen LogP contribution in [0, 0.1) is 0 Å². The number of aliphatic hydroxyl groups is 7. The van der Waals surface area contributed by atoms with Crippen molar-refractivity contribution in [1.29, 1.82) is 0 Å². The zero-order valence-corrected chi connectivity index (χ0v) is 11.8. The molecule has 10 atom stereocenters. The molecule has 22 heavy (non-hydrogen) atoms. The second-order valence-corrected chi connectivity index (χ2v) is 5.51. The first-order valence-electron chi connectivity index (χ1n) is 6.93. The van der Waals surface area contributed by atoms with Crippen LogP contribution < -0.4 is 0 Å². The Morgan fingerprint density at radius 3 is 2.05 bits per heavy atom. The summed E-state index contributed by atoms with van der Waals surface area (Å²) in [4.78, 5) is 0. The molecule has 0 aromatic heterocycles. The van der Waals surface area contributed by atoms with Gasteiger partial charge in [-0.05, 0) is 6.92 Å². The van der Waals surface area contributed by atoms with Crippen molar-refractivity contribution in [2.24, 2.45) is 0 Å². The summed E-state index contributed by atoms with van der Waals surface area (Å²) in [5.74, 6) is 0. The van der Waals surface area contributed by atoms with Gasteiger partial charge in [0.05, 0.1) is 12.7 Å². The van der Waals surface area contributed by atoms with Gasteiger partial charge in [-0.3, -0.25) is 0 Å². The van der Waals surface area contributed by atoms with E-state index in [1.165, 1.54) is 6.92 Å². The Labute approximate surface area is 126 Å². The molecule has 10 nitrogen and oxygen atoms in total. The summed E-state index contributed by atoms with van der Waals surface area (Å²) in [6, 6.07) is 0. The van der Waals surface area contributed by atoms with E-state index in [4.69, 9.17) is 14.2 Å². The predicted octanol–water partition coefficient (Wildman–Crippen LogP) is -4.37. The zero-order valence-electron chi connectivity index (χ0n) is 11.8. The van der Waals surface area contributed by atoms with Gasteiger partial charge in [0.25, 0.3) is 0 Å². The first-order valence-corrected chi connectivity index (χ1v) is 6.93. The van der Waals surface area contributed by atoms with Crippen LogP contribution in [0.15, 0.2) is 0 Å². The summed E-state index contributed by atoms with van der Waals surface area (Å²) in [5.41, 5.74) is 0. The third-order valence-corrected chi connectivity index (χ3v) is 3.94. The Hall–Kier alpha value is -0.400. The fourth-order valence-corrected chi connectivity index (χ4v) is 2.52. The largest absolute Gasteiger partial charge is 0.394 e. The monoisotopic (exact) mass is 326 g/mol. The lowest BCUT2D eigenvalue weighted by atomic mass is 9.97.